The summed E-state index contributed by atoms with van der Waals surface area (Å²) in [6.07, 6.45) is 5.41. The Hall–Kier alpha value is 0. The second kappa shape index (κ2) is 5.67. The van der Waals surface area contributed by atoms with Crippen molar-refractivity contribution in [1.29, 1.82) is 0 Å². The maximum atomic E-state index is 2.42. The fourth-order valence-corrected chi connectivity index (χ4v) is 2.26. The van der Waals surface area contributed by atoms with Crippen molar-refractivity contribution in [2.45, 2.75) is 67.2 Å². The minimum absolute atomic E-state index is 0.546. The fraction of sp³-hybridized carbons (Fsp3) is 1.00. The summed E-state index contributed by atoms with van der Waals surface area (Å²) in [5, 5.41) is 0. The average Bonchev–Trinajstić information content (AvgIpc) is 2.02. The van der Waals surface area contributed by atoms with Crippen molar-refractivity contribution < 1.29 is 0 Å². The predicted octanol–water partition coefficient (Wildman–Crippen LogP) is 4.89. The minimum Gasteiger partial charge on any atom is -0.0651 e. The van der Waals surface area contributed by atoms with Gasteiger partial charge < -0.3 is 0 Å². The summed E-state index contributed by atoms with van der Waals surface area (Å²) in [6, 6.07) is 0. The van der Waals surface area contributed by atoms with Gasteiger partial charge in [0.05, 0.1) is 0 Å². The molecule has 0 aliphatic carbocycles. The van der Waals surface area contributed by atoms with Crippen LogP contribution in [0.5, 0.6) is 0 Å². The molecular weight excluding hydrogens is 156 g/mol. The van der Waals surface area contributed by atoms with Crippen LogP contribution in [0.25, 0.3) is 0 Å². The Morgan fingerprint density at radius 3 is 1.38 bits per heavy atom. The van der Waals surface area contributed by atoms with Gasteiger partial charge in [-0.25, -0.2) is 0 Å². The number of hydrogen-bond acceptors (Lipinski definition) is 0. The molecule has 0 saturated carbocycles. The smallest absolute Gasteiger partial charge is 0.0349 e. The van der Waals surface area contributed by atoms with Crippen LogP contribution in [-0.2, 0) is 0 Å². The largest absolute Gasteiger partial charge is 0.0651 e. The summed E-state index contributed by atoms with van der Waals surface area (Å²) in [5.41, 5.74) is 0.546. The lowest BCUT2D eigenvalue weighted by Crippen LogP contribution is -2.18. The average molecular weight is 184 g/mol. The third kappa shape index (κ3) is 6.12. The van der Waals surface area contributed by atoms with Crippen molar-refractivity contribution in [1.82, 2.24) is 0 Å². The van der Waals surface area contributed by atoms with Crippen molar-refractivity contribution in [2.75, 3.05) is 0 Å². The molecule has 0 N–H and O–H groups in total. The van der Waals surface area contributed by atoms with Gasteiger partial charge in [-0.1, -0.05) is 54.4 Å². The normalized spacial score (nSPS) is 17.1. The molecule has 0 aromatic carbocycles. The van der Waals surface area contributed by atoms with Crippen LogP contribution in [0.15, 0.2) is 0 Å². The van der Waals surface area contributed by atoms with Crippen LogP contribution in [0.3, 0.4) is 0 Å². The second-order valence-electron chi connectivity index (χ2n) is 5.60. The number of hydrogen-bond donors (Lipinski definition) is 0. The highest BCUT2D eigenvalue weighted by molar-refractivity contribution is 4.73. The molecule has 2 unspecified atom stereocenters. The highest BCUT2D eigenvalue weighted by Crippen LogP contribution is 2.34. The lowest BCUT2D eigenvalue weighted by molar-refractivity contribution is 0.215. The van der Waals surface area contributed by atoms with E-state index >= 15 is 0 Å². The molecule has 0 radical (unpaired) electrons. The van der Waals surface area contributed by atoms with Crippen molar-refractivity contribution in [3.63, 3.8) is 0 Å². The summed E-state index contributed by atoms with van der Waals surface area (Å²) in [4.78, 5) is 0. The van der Waals surface area contributed by atoms with Gasteiger partial charge in [0.2, 0.25) is 0 Å². The van der Waals surface area contributed by atoms with E-state index in [0.29, 0.717) is 5.41 Å². The van der Waals surface area contributed by atoms with E-state index < -0.39 is 0 Å². The number of rotatable bonds is 6. The molecule has 0 heteroatoms. The van der Waals surface area contributed by atoms with Gasteiger partial charge in [0.15, 0.2) is 0 Å². The molecule has 13 heavy (non-hydrogen) atoms. The van der Waals surface area contributed by atoms with Crippen molar-refractivity contribution in [2.24, 2.45) is 17.3 Å². The van der Waals surface area contributed by atoms with Crippen molar-refractivity contribution in [3.05, 3.63) is 0 Å². The SMILES string of the molecule is CCC(C)CC(C)(C)CC(C)CC. The molecule has 0 nitrogen and oxygen atoms in total. The van der Waals surface area contributed by atoms with Crippen LogP contribution in [0.2, 0.25) is 0 Å². The summed E-state index contributed by atoms with van der Waals surface area (Å²) in [6.45, 7) is 14.2. The molecule has 0 fully saturated rings. The van der Waals surface area contributed by atoms with Crippen molar-refractivity contribution >= 4 is 0 Å². The Morgan fingerprint density at radius 1 is 0.846 bits per heavy atom. The molecule has 0 spiro atoms. The van der Waals surface area contributed by atoms with E-state index in [0.717, 1.165) is 11.8 Å². The van der Waals surface area contributed by atoms with Crippen LogP contribution in [0, 0.1) is 17.3 Å². The topological polar surface area (TPSA) is 0 Å². The van der Waals surface area contributed by atoms with Gasteiger partial charge in [0.25, 0.3) is 0 Å². The van der Waals surface area contributed by atoms with Crippen LogP contribution in [0.1, 0.15) is 67.2 Å². The van der Waals surface area contributed by atoms with E-state index in [-0.39, 0.29) is 0 Å². The van der Waals surface area contributed by atoms with Gasteiger partial charge in [-0.05, 0) is 30.1 Å². The Labute approximate surface area is 85.1 Å². The minimum atomic E-state index is 0.546. The molecule has 0 rings (SSSR count). The summed E-state index contributed by atoms with van der Waals surface area (Å²) in [5.74, 6) is 1.78. The van der Waals surface area contributed by atoms with E-state index in [1.54, 1.807) is 0 Å². The highest BCUT2D eigenvalue weighted by Gasteiger charge is 2.22. The Morgan fingerprint density at radius 2 is 1.15 bits per heavy atom. The van der Waals surface area contributed by atoms with Gasteiger partial charge in [-0.15, -0.1) is 0 Å². The molecule has 0 aliphatic heterocycles. The first kappa shape index (κ1) is 13.0. The van der Waals surface area contributed by atoms with E-state index in [1.165, 1.54) is 25.7 Å². The zero-order valence-electron chi connectivity index (χ0n) is 10.5. The highest BCUT2D eigenvalue weighted by atomic mass is 14.3. The van der Waals surface area contributed by atoms with Crippen LogP contribution < -0.4 is 0 Å². The lowest BCUT2D eigenvalue weighted by atomic mass is 9.76. The molecule has 0 aromatic heterocycles. The van der Waals surface area contributed by atoms with Gasteiger partial charge in [0.1, 0.15) is 0 Å². The lowest BCUT2D eigenvalue weighted by Gasteiger charge is -2.30. The molecule has 80 valence electrons. The molecule has 0 amide bonds. The molecular formula is C13H28. The monoisotopic (exact) mass is 184 g/mol. The first-order valence-electron chi connectivity index (χ1n) is 5.91. The first-order chi connectivity index (χ1) is 5.91. The van der Waals surface area contributed by atoms with Gasteiger partial charge >= 0.3 is 0 Å². The fourth-order valence-electron chi connectivity index (χ4n) is 2.26. The van der Waals surface area contributed by atoms with Crippen molar-refractivity contribution in [3.8, 4) is 0 Å². The molecule has 0 aliphatic rings. The van der Waals surface area contributed by atoms with Crippen LogP contribution in [0.4, 0.5) is 0 Å². The Balaban J connectivity index is 3.92. The standard InChI is InChI=1S/C13H28/c1-7-11(3)9-13(5,6)10-12(4)8-2/h11-12H,7-10H2,1-6H3. The molecule has 0 heterocycles. The molecule has 0 aromatic rings. The third-order valence-corrected chi connectivity index (χ3v) is 3.20. The maximum absolute atomic E-state index is 2.42. The third-order valence-electron chi connectivity index (χ3n) is 3.20. The first-order valence-corrected chi connectivity index (χ1v) is 5.91. The van der Waals surface area contributed by atoms with E-state index in [1.807, 2.05) is 0 Å². The summed E-state index contributed by atoms with van der Waals surface area (Å²) < 4.78 is 0. The predicted molar refractivity (Wildman–Crippen MR) is 61.9 cm³/mol. The van der Waals surface area contributed by atoms with Crippen LogP contribution >= 0.6 is 0 Å². The Kier molecular flexibility index (Phi) is 5.67. The molecule has 0 saturated heterocycles. The second-order valence-corrected chi connectivity index (χ2v) is 5.60. The van der Waals surface area contributed by atoms with E-state index in [4.69, 9.17) is 0 Å². The Bertz CT molecular complexity index is 110. The van der Waals surface area contributed by atoms with E-state index in [2.05, 4.69) is 41.5 Å². The van der Waals surface area contributed by atoms with Gasteiger partial charge in [0, 0.05) is 0 Å². The van der Waals surface area contributed by atoms with E-state index in [9.17, 15) is 0 Å². The quantitative estimate of drug-likeness (QED) is 0.551. The summed E-state index contributed by atoms with van der Waals surface area (Å²) in [7, 11) is 0. The summed E-state index contributed by atoms with van der Waals surface area (Å²) >= 11 is 0. The molecule has 0 bridgehead atoms. The molecule has 2 atom stereocenters. The van der Waals surface area contributed by atoms with Gasteiger partial charge in [-0.3, -0.25) is 0 Å². The maximum Gasteiger partial charge on any atom is -0.0349 e. The van der Waals surface area contributed by atoms with Gasteiger partial charge in [-0.2, -0.15) is 0 Å². The zero-order valence-corrected chi connectivity index (χ0v) is 10.5. The van der Waals surface area contributed by atoms with Crippen LogP contribution in [-0.4, -0.2) is 0 Å². The zero-order chi connectivity index (χ0) is 10.5.